The quantitative estimate of drug-likeness (QED) is 0.676. The van der Waals surface area contributed by atoms with E-state index in [2.05, 4.69) is 0 Å². The number of hydrogen-bond acceptors (Lipinski definition) is 5. The fourth-order valence-corrected chi connectivity index (χ4v) is 2.94. The average molecular weight is 317 g/mol. The summed E-state index contributed by atoms with van der Waals surface area (Å²) in [5, 5.41) is 0. The number of alkyl halides is 1. The first-order chi connectivity index (χ1) is 10.4. The Morgan fingerprint density at radius 1 is 1.50 bits per heavy atom. The minimum atomic E-state index is -1.30. The molecule has 0 aromatic heterocycles. The highest BCUT2D eigenvalue weighted by atomic mass is 19.1. The molecule has 0 aromatic carbocycles. The van der Waals surface area contributed by atoms with Gasteiger partial charge in [0.05, 0.1) is 13.0 Å². The lowest BCUT2D eigenvalue weighted by molar-refractivity contribution is -0.226. The van der Waals surface area contributed by atoms with Crippen LogP contribution in [0, 0.1) is 12.3 Å². The van der Waals surface area contributed by atoms with Gasteiger partial charge in [0.15, 0.2) is 0 Å². The number of rotatable bonds is 6. The molecule has 2 amide bonds. The van der Waals surface area contributed by atoms with Crippen LogP contribution in [0.3, 0.4) is 0 Å². The third-order valence-corrected chi connectivity index (χ3v) is 4.41. The maximum atomic E-state index is 14.1. The van der Waals surface area contributed by atoms with Gasteiger partial charge in [0.25, 0.3) is 0 Å². The van der Waals surface area contributed by atoms with E-state index in [1.165, 1.54) is 25.5 Å². The predicted molar refractivity (Wildman–Crippen MR) is 74.2 cm³/mol. The second-order valence-electron chi connectivity index (χ2n) is 5.69. The van der Waals surface area contributed by atoms with Crippen molar-refractivity contribution in [3.63, 3.8) is 0 Å². The Balaban J connectivity index is 2.09. The molecule has 4 atom stereocenters. The van der Waals surface area contributed by atoms with Gasteiger partial charge >= 0.3 is 0 Å². The molecule has 2 rings (SSSR count). The number of amides is 2. The standard InChI is InChI=1S/C14H22FN2O5/c1-8(13(16)19)4-5-10(18)17-6-9(15)11-12(17)14(20-2,21-3)7-22-11/h5,8-9,11-12H,4,6-7H2,1-3H3,(H2,16,19). The van der Waals surface area contributed by atoms with Crippen molar-refractivity contribution < 1.29 is 28.2 Å². The van der Waals surface area contributed by atoms with Crippen molar-refractivity contribution >= 4 is 11.8 Å². The summed E-state index contributed by atoms with van der Waals surface area (Å²) in [5.74, 6) is -2.51. The van der Waals surface area contributed by atoms with Gasteiger partial charge in [0, 0.05) is 20.1 Å². The van der Waals surface area contributed by atoms with Gasteiger partial charge in [0.2, 0.25) is 17.6 Å². The molecular weight excluding hydrogens is 295 g/mol. The first-order valence-electron chi connectivity index (χ1n) is 7.15. The third-order valence-electron chi connectivity index (χ3n) is 4.41. The number of likely N-dealkylation sites (tertiary alicyclic amines) is 1. The van der Waals surface area contributed by atoms with Crippen LogP contribution in [0.1, 0.15) is 13.3 Å². The molecule has 0 bridgehead atoms. The maximum Gasteiger partial charge on any atom is 0.227 e. The Morgan fingerprint density at radius 2 is 2.14 bits per heavy atom. The lowest BCUT2D eigenvalue weighted by Gasteiger charge is -2.35. The molecule has 4 unspecified atom stereocenters. The molecule has 2 N–H and O–H groups in total. The van der Waals surface area contributed by atoms with Crippen molar-refractivity contribution in [2.75, 3.05) is 27.4 Å². The number of nitrogens with zero attached hydrogens (tertiary/aromatic N) is 1. The predicted octanol–water partition coefficient (Wildman–Crippen LogP) is -0.361. The topological polar surface area (TPSA) is 91.1 Å². The van der Waals surface area contributed by atoms with Gasteiger partial charge in [0.1, 0.15) is 24.9 Å². The highest BCUT2D eigenvalue weighted by Crippen LogP contribution is 2.40. The lowest BCUT2D eigenvalue weighted by atomic mass is 10.0. The SMILES string of the molecule is COC1(OC)COC2C(F)CN(C(=O)[CH]CC(C)C(N)=O)C21. The zero-order valence-corrected chi connectivity index (χ0v) is 13.0. The molecule has 8 heteroatoms. The van der Waals surface area contributed by atoms with Crippen molar-refractivity contribution in [1.82, 2.24) is 4.90 Å². The number of ether oxygens (including phenoxy) is 3. The summed E-state index contributed by atoms with van der Waals surface area (Å²) in [6.45, 7) is 1.59. The minimum Gasteiger partial charge on any atom is -0.369 e. The van der Waals surface area contributed by atoms with E-state index in [0.29, 0.717) is 0 Å². The van der Waals surface area contributed by atoms with Crippen molar-refractivity contribution in [2.45, 2.75) is 37.4 Å². The number of carbonyl (C=O) groups excluding carboxylic acids is 2. The molecular formula is C14H22FN2O5. The van der Waals surface area contributed by atoms with Crippen LogP contribution >= 0.6 is 0 Å². The van der Waals surface area contributed by atoms with E-state index in [1.54, 1.807) is 6.92 Å². The van der Waals surface area contributed by atoms with Crippen LogP contribution in [0.4, 0.5) is 4.39 Å². The fraction of sp³-hybridized carbons (Fsp3) is 0.786. The molecule has 2 heterocycles. The third kappa shape index (κ3) is 2.82. The average Bonchev–Trinajstić information content (AvgIpc) is 3.03. The van der Waals surface area contributed by atoms with Crippen LogP contribution in [0.2, 0.25) is 0 Å². The number of nitrogens with two attached hydrogens (primary N) is 1. The van der Waals surface area contributed by atoms with Gasteiger partial charge in [-0.2, -0.15) is 0 Å². The van der Waals surface area contributed by atoms with Gasteiger partial charge < -0.3 is 24.8 Å². The summed E-state index contributed by atoms with van der Waals surface area (Å²) in [6.07, 6.45) is -0.528. The van der Waals surface area contributed by atoms with E-state index in [1.807, 2.05) is 0 Å². The molecule has 2 aliphatic rings. The first kappa shape index (κ1) is 17.1. The molecule has 2 aliphatic heterocycles. The highest BCUT2D eigenvalue weighted by Gasteiger charge is 2.61. The van der Waals surface area contributed by atoms with Crippen LogP contribution in [0.5, 0.6) is 0 Å². The second-order valence-corrected chi connectivity index (χ2v) is 5.69. The van der Waals surface area contributed by atoms with Crippen molar-refractivity contribution in [2.24, 2.45) is 11.7 Å². The van der Waals surface area contributed by atoms with E-state index in [9.17, 15) is 14.0 Å². The van der Waals surface area contributed by atoms with E-state index in [-0.39, 0.29) is 25.5 Å². The van der Waals surface area contributed by atoms with Gasteiger partial charge in [-0.1, -0.05) is 6.92 Å². The van der Waals surface area contributed by atoms with Gasteiger partial charge in [-0.15, -0.1) is 0 Å². The number of methoxy groups -OCH3 is 2. The van der Waals surface area contributed by atoms with Crippen LogP contribution in [0.15, 0.2) is 0 Å². The molecule has 125 valence electrons. The summed E-state index contributed by atoms with van der Waals surface area (Å²) in [5.41, 5.74) is 5.17. The number of halogens is 1. The van der Waals surface area contributed by atoms with Crippen LogP contribution in [-0.4, -0.2) is 68.2 Å². The molecule has 0 spiro atoms. The lowest BCUT2D eigenvalue weighted by Crippen LogP contribution is -2.55. The van der Waals surface area contributed by atoms with E-state index < -0.39 is 35.9 Å². The summed E-state index contributed by atoms with van der Waals surface area (Å²) < 4.78 is 30.3. The molecule has 22 heavy (non-hydrogen) atoms. The van der Waals surface area contributed by atoms with E-state index >= 15 is 0 Å². The van der Waals surface area contributed by atoms with Crippen LogP contribution in [-0.2, 0) is 23.8 Å². The Labute approximate surface area is 128 Å². The Morgan fingerprint density at radius 3 is 2.68 bits per heavy atom. The largest absolute Gasteiger partial charge is 0.369 e. The zero-order chi connectivity index (χ0) is 16.5. The minimum absolute atomic E-state index is 0.0528. The van der Waals surface area contributed by atoms with Crippen molar-refractivity contribution in [3.05, 3.63) is 6.42 Å². The van der Waals surface area contributed by atoms with Gasteiger partial charge in [-0.25, -0.2) is 4.39 Å². The van der Waals surface area contributed by atoms with Crippen LogP contribution in [0.25, 0.3) is 0 Å². The Bertz CT molecular complexity index is 443. The van der Waals surface area contributed by atoms with Gasteiger partial charge in [-0.3, -0.25) is 9.59 Å². The second kappa shape index (κ2) is 6.47. The fourth-order valence-electron chi connectivity index (χ4n) is 2.94. The van der Waals surface area contributed by atoms with Crippen molar-refractivity contribution in [3.8, 4) is 0 Å². The van der Waals surface area contributed by atoms with E-state index in [4.69, 9.17) is 19.9 Å². The molecule has 0 saturated carbocycles. The molecule has 0 aliphatic carbocycles. The molecule has 1 radical (unpaired) electrons. The summed E-state index contributed by atoms with van der Waals surface area (Å²) in [4.78, 5) is 24.7. The number of primary amides is 1. The number of carbonyl (C=O) groups is 2. The normalized spacial score (nSPS) is 31.1. The number of fused-ring (bicyclic) bond motifs is 1. The summed E-state index contributed by atoms with van der Waals surface area (Å²) >= 11 is 0. The van der Waals surface area contributed by atoms with Crippen molar-refractivity contribution in [1.29, 1.82) is 0 Å². The van der Waals surface area contributed by atoms with E-state index in [0.717, 1.165) is 0 Å². The molecule has 2 saturated heterocycles. The maximum absolute atomic E-state index is 14.1. The Kier molecular flexibility index (Phi) is 5.03. The molecule has 0 aromatic rings. The summed E-state index contributed by atoms with van der Waals surface area (Å²) in [6, 6.07) is -0.662. The molecule has 2 fully saturated rings. The Hall–Kier alpha value is -1.25. The zero-order valence-electron chi connectivity index (χ0n) is 13.0. The highest BCUT2D eigenvalue weighted by molar-refractivity contribution is 5.87. The monoisotopic (exact) mass is 317 g/mol. The summed E-state index contributed by atoms with van der Waals surface area (Å²) in [7, 11) is 2.87. The number of hydrogen-bond donors (Lipinski definition) is 1. The van der Waals surface area contributed by atoms with Gasteiger partial charge in [-0.05, 0) is 6.42 Å². The molecule has 7 nitrogen and oxygen atoms in total. The smallest absolute Gasteiger partial charge is 0.227 e. The first-order valence-corrected chi connectivity index (χ1v) is 7.15. The van der Waals surface area contributed by atoms with Crippen LogP contribution < -0.4 is 5.73 Å².